The first-order chi connectivity index (χ1) is 13.6. The van der Waals surface area contributed by atoms with Crippen molar-refractivity contribution >= 4 is 33.1 Å². The number of rotatable bonds is 5. The number of phenolic OH excluding ortho intramolecular Hbond substituents is 1. The van der Waals surface area contributed by atoms with Crippen LogP contribution in [0, 0.1) is 6.92 Å². The average Bonchev–Trinajstić information content (AvgIpc) is 3.13. The number of aromatic hydroxyl groups is 1. The lowest BCUT2D eigenvalue weighted by atomic mass is 10.2. The van der Waals surface area contributed by atoms with E-state index < -0.39 is 0 Å². The van der Waals surface area contributed by atoms with Gasteiger partial charge < -0.3 is 15.2 Å². The van der Waals surface area contributed by atoms with Gasteiger partial charge in [-0.3, -0.25) is 4.79 Å². The molecule has 140 valence electrons. The number of phenols is 1. The largest absolute Gasteiger partial charge is 0.507 e. The predicted octanol–water partition coefficient (Wildman–Crippen LogP) is 4.99. The highest BCUT2D eigenvalue weighted by Crippen LogP contribution is 2.36. The van der Waals surface area contributed by atoms with E-state index >= 15 is 0 Å². The molecule has 0 atom stereocenters. The van der Waals surface area contributed by atoms with Gasteiger partial charge in [0, 0.05) is 5.69 Å². The zero-order chi connectivity index (χ0) is 19.5. The molecule has 2 N–H and O–H groups in total. The van der Waals surface area contributed by atoms with Gasteiger partial charge in [0.2, 0.25) is 0 Å². The summed E-state index contributed by atoms with van der Waals surface area (Å²) in [6.07, 6.45) is 0. The second-order valence-corrected chi connectivity index (χ2v) is 7.35. The van der Waals surface area contributed by atoms with E-state index in [1.54, 1.807) is 18.2 Å². The first-order valence-electron chi connectivity index (χ1n) is 8.77. The van der Waals surface area contributed by atoms with Crippen LogP contribution in [-0.4, -0.2) is 22.6 Å². The molecule has 0 aliphatic carbocycles. The minimum absolute atomic E-state index is 0.0950. The summed E-state index contributed by atoms with van der Waals surface area (Å²) in [4.78, 5) is 16.8. The van der Waals surface area contributed by atoms with E-state index in [2.05, 4.69) is 10.3 Å². The molecule has 1 amide bonds. The molecule has 0 spiro atoms. The number of thiazole rings is 1. The third-order valence-corrected chi connectivity index (χ3v) is 5.33. The molecular weight excluding hydrogens is 372 g/mol. The van der Waals surface area contributed by atoms with Crippen LogP contribution >= 0.6 is 11.3 Å². The number of amides is 1. The second-order valence-electron chi connectivity index (χ2n) is 6.32. The maximum atomic E-state index is 12.3. The van der Waals surface area contributed by atoms with Crippen LogP contribution in [0.3, 0.4) is 0 Å². The molecular formula is C22H18N2O3S. The summed E-state index contributed by atoms with van der Waals surface area (Å²) in [7, 11) is 0. The third-order valence-electron chi connectivity index (χ3n) is 4.26. The van der Waals surface area contributed by atoms with Gasteiger partial charge in [0.15, 0.2) is 6.61 Å². The lowest BCUT2D eigenvalue weighted by Crippen LogP contribution is -2.20. The van der Waals surface area contributed by atoms with Crippen LogP contribution in [0.25, 0.3) is 20.8 Å². The number of carbonyl (C=O) groups is 1. The Kier molecular flexibility index (Phi) is 4.95. The van der Waals surface area contributed by atoms with Crippen molar-refractivity contribution in [1.82, 2.24) is 4.98 Å². The monoisotopic (exact) mass is 390 g/mol. The Bertz CT molecular complexity index is 1120. The van der Waals surface area contributed by atoms with E-state index in [0.717, 1.165) is 15.8 Å². The van der Waals surface area contributed by atoms with Gasteiger partial charge in [-0.05, 0) is 48.9 Å². The summed E-state index contributed by atoms with van der Waals surface area (Å²) in [5.74, 6) is 0.524. The maximum Gasteiger partial charge on any atom is 0.262 e. The molecule has 3 aromatic carbocycles. The Morgan fingerprint density at radius 2 is 1.89 bits per heavy atom. The molecule has 0 saturated carbocycles. The molecule has 0 saturated heterocycles. The fourth-order valence-corrected chi connectivity index (χ4v) is 3.82. The Morgan fingerprint density at radius 3 is 2.71 bits per heavy atom. The Labute approximate surface area is 166 Å². The summed E-state index contributed by atoms with van der Waals surface area (Å²) in [6.45, 7) is 1.83. The Balaban J connectivity index is 1.50. The standard InChI is InChI=1S/C22H18N2O3S/c1-14-6-2-4-8-19(14)27-13-21(26)23-15-10-11-18(25)16(12-15)22-24-17-7-3-5-9-20(17)28-22/h2-12,25H,13H2,1H3,(H,23,26). The van der Waals surface area contributed by atoms with Crippen LogP contribution in [0.1, 0.15) is 5.56 Å². The van der Waals surface area contributed by atoms with Gasteiger partial charge >= 0.3 is 0 Å². The number of benzene rings is 3. The van der Waals surface area contributed by atoms with Crippen molar-refractivity contribution in [1.29, 1.82) is 0 Å². The minimum atomic E-state index is -0.274. The molecule has 1 heterocycles. The number of hydrogen-bond donors (Lipinski definition) is 2. The average molecular weight is 390 g/mol. The number of para-hydroxylation sites is 2. The van der Waals surface area contributed by atoms with Crippen molar-refractivity contribution in [2.75, 3.05) is 11.9 Å². The second kappa shape index (κ2) is 7.70. The molecule has 0 aliphatic rings. The molecule has 0 unspecified atom stereocenters. The number of nitrogens with one attached hydrogen (secondary N) is 1. The molecule has 0 aliphatic heterocycles. The van der Waals surface area contributed by atoms with E-state index in [1.807, 2.05) is 55.5 Å². The Hall–Kier alpha value is -3.38. The molecule has 1 aromatic heterocycles. The summed E-state index contributed by atoms with van der Waals surface area (Å²) >= 11 is 1.49. The summed E-state index contributed by atoms with van der Waals surface area (Å²) in [6, 6.07) is 20.3. The molecule has 0 radical (unpaired) electrons. The maximum absolute atomic E-state index is 12.3. The van der Waals surface area contributed by atoms with E-state index in [9.17, 15) is 9.90 Å². The molecule has 5 nitrogen and oxygen atoms in total. The quantitative estimate of drug-likeness (QED) is 0.471. The number of carbonyl (C=O) groups excluding carboxylic acids is 1. The van der Waals surface area contributed by atoms with Crippen LogP contribution in [0.2, 0.25) is 0 Å². The normalized spacial score (nSPS) is 10.8. The lowest BCUT2D eigenvalue weighted by Gasteiger charge is -2.10. The van der Waals surface area contributed by atoms with Crippen LogP contribution in [-0.2, 0) is 4.79 Å². The molecule has 0 fully saturated rings. The number of anilines is 1. The van der Waals surface area contributed by atoms with Crippen LogP contribution in [0.5, 0.6) is 11.5 Å². The fraction of sp³-hybridized carbons (Fsp3) is 0.0909. The highest BCUT2D eigenvalue weighted by molar-refractivity contribution is 7.21. The van der Waals surface area contributed by atoms with Crippen molar-refractivity contribution < 1.29 is 14.6 Å². The summed E-state index contributed by atoms with van der Waals surface area (Å²) < 4.78 is 6.62. The first kappa shape index (κ1) is 18.0. The molecule has 28 heavy (non-hydrogen) atoms. The summed E-state index contributed by atoms with van der Waals surface area (Å²) in [5.41, 5.74) is 3.00. The van der Waals surface area contributed by atoms with Crippen molar-refractivity contribution in [2.24, 2.45) is 0 Å². The summed E-state index contributed by atoms with van der Waals surface area (Å²) in [5, 5.41) is 13.8. The zero-order valence-electron chi connectivity index (χ0n) is 15.2. The van der Waals surface area contributed by atoms with Crippen LogP contribution in [0.15, 0.2) is 66.7 Å². The van der Waals surface area contributed by atoms with Gasteiger partial charge in [-0.15, -0.1) is 11.3 Å². The molecule has 0 bridgehead atoms. The molecule has 4 rings (SSSR count). The molecule has 4 aromatic rings. The first-order valence-corrected chi connectivity index (χ1v) is 9.59. The number of ether oxygens (including phenoxy) is 1. The van der Waals surface area contributed by atoms with E-state index in [0.29, 0.717) is 22.0 Å². The Morgan fingerprint density at radius 1 is 1.11 bits per heavy atom. The number of hydrogen-bond acceptors (Lipinski definition) is 5. The topological polar surface area (TPSA) is 71.5 Å². The zero-order valence-corrected chi connectivity index (χ0v) is 16.0. The van der Waals surface area contributed by atoms with Crippen molar-refractivity contribution in [3.8, 4) is 22.1 Å². The van der Waals surface area contributed by atoms with E-state index in [-0.39, 0.29) is 18.3 Å². The SMILES string of the molecule is Cc1ccccc1OCC(=O)Nc1ccc(O)c(-c2nc3ccccc3s2)c1. The van der Waals surface area contributed by atoms with Gasteiger partial charge in [-0.25, -0.2) is 4.98 Å². The van der Waals surface area contributed by atoms with Gasteiger partial charge in [-0.1, -0.05) is 30.3 Å². The highest BCUT2D eigenvalue weighted by atomic mass is 32.1. The minimum Gasteiger partial charge on any atom is -0.507 e. The highest BCUT2D eigenvalue weighted by Gasteiger charge is 2.13. The molecule has 6 heteroatoms. The number of aryl methyl sites for hydroxylation is 1. The number of fused-ring (bicyclic) bond motifs is 1. The predicted molar refractivity (Wildman–Crippen MR) is 112 cm³/mol. The third kappa shape index (κ3) is 3.82. The van der Waals surface area contributed by atoms with Gasteiger partial charge in [0.25, 0.3) is 5.91 Å². The van der Waals surface area contributed by atoms with E-state index in [4.69, 9.17) is 4.74 Å². The van der Waals surface area contributed by atoms with Crippen molar-refractivity contribution in [3.05, 3.63) is 72.3 Å². The van der Waals surface area contributed by atoms with Gasteiger partial charge in [0.05, 0.1) is 15.8 Å². The van der Waals surface area contributed by atoms with E-state index in [1.165, 1.54) is 11.3 Å². The fourth-order valence-electron chi connectivity index (χ4n) is 2.83. The van der Waals surface area contributed by atoms with Crippen LogP contribution < -0.4 is 10.1 Å². The smallest absolute Gasteiger partial charge is 0.262 e. The van der Waals surface area contributed by atoms with Gasteiger partial charge in [-0.2, -0.15) is 0 Å². The number of aromatic nitrogens is 1. The van der Waals surface area contributed by atoms with Crippen LogP contribution in [0.4, 0.5) is 5.69 Å². The number of nitrogens with zero attached hydrogens (tertiary/aromatic N) is 1. The van der Waals surface area contributed by atoms with Crippen molar-refractivity contribution in [2.45, 2.75) is 6.92 Å². The van der Waals surface area contributed by atoms with Crippen molar-refractivity contribution in [3.63, 3.8) is 0 Å². The lowest BCUT2D eigenvalue weighted by molar-refractivity contribution is -0.118. The van der Waals surface area contributed by atoms with Gasteiger partial charge in [0.1, 0.15) is 16.5 Å².